The molecule has 0 aliphatic carbocycles. The SMILES string of the molecule is c1ccc(-c2cccc(-c3nc(-c4nc5ccc6sc7ccccc7c6c5c5ccccc45)nc4ccccc34)c2)cc1. The van der Waals surface area contributed by atoms with Crippen molar-refractivity contribution in [3.05, 3.63) is 140 Å². The third kappa shape index (κ3) is 3.84. The molecule has 0 saturated carbocycles. The summed E-state index contributed by atoms with van der Waals surface area (Å²) >= 11 is 1.83. The molecule has 3 nitrogen and oxygen atoms in total. The highest BCUT2D eigenvalue weighted by Crippen LogP contribution is 2.42. The molecular weight excluding hydrogens is 543 g/mol. The summed E-state index contributed by atoms with van der Waals surface area (Å²) < 4.78 is 2.56. The van der Waals surface area contributed by atoms with E-state index in [4.69, 9.17) is 15.0 Å². The van der Waals surface area contributed by atoms with E-state index in [0.29, 0.717) is 5.82 Å². The second kappa shape index (κ2) is 9.55. The van der Waals surface area contributed by atoms with Gasteiger partial charge in [-0.05, 0) is 46.8 Å². The van der Waals surface area contributed by atoms with E-state index in [2.05, 4.69) is 127 Å². The zero-order valence-corrected chi connectivity index (χ0v) is 23.8. The smallest absolute Gasteiger partial charge is 0.179 e. The molecule has 0 atom stereocenters. The number of hydrogen-bond donors (Lipinski definition) is 0. The molecule has 43 heavy (non-hydrogen) atoms. The summed E-state index contributed by atoms with van der Waals surface area (Å²) in [5, 5.41) is 6.97. The predicted octanol–water partition coefficient (Wildman–Crippen LogP) is 10.7. The summed E-state index contributed by atoms with van der Waals surface area (Å²) in [6.07, 6.45) is 0. The number of rotatable bonds is 3. The Bertz CT molecular complexity index is 2510. The van der Waals surface area contributed by atoms with Crippen molar-refractivity contribution < 1.29 is 0 Å². The first-order chi connectivity index (χ1) is 21.3. The summed E-state index contributed by atoms with van der Waals surface area (Å²) in [7, 11) is 0. The first-order valence-electron chi connectivity index (χ1n) is 14.4. The lowest BCUT2D eigenvalue weighted by molar-refractivity contribution is 1.20. The molecule has 0 N–H and O–H groups in total. The van der Waals surface area contributed by atoms with Gasteiger partial charge in [-0.15, -0.1) is 11.3 Å². The maximum absolute atomic E-state index is 5.30. The van der Waals surface area contributed by atoms with Crippen molar-refractivity contribution in [3.8, 4) is 33.9 Å². The number of para-hydroxylation sites is 1. The lowest BCUT2D eigenvalue weighted by Crippen LogP contribution is -1.98. The van der Waals surface area contributed by atoms with Crippen molar-refractivity contribution in [1.82, 2.24) is 15.0 Å². The number of thiophene rings is 1. The van der Waals surface area contributed by atoms with E-state index in [1.54, 1.807) is 0 Å². The normalized spacial score (nSPS) is 11.7. The molecule has 9 aromatic rings. The van der Waals surface area contributed by atoms with Crippen molar-refractivity contribution in [2.75, 3.05) is 0 Å². The molecule has 6 aromatic carbocycles. The van der Waals surface area contributed by atoms with Crippen LogP contribution >= 0.6 is 11.3 Å². The average Bonchev–Trinajstić information content (AvgIpc) is 3.47. The standard InChI is InChI=1S/C39H23N3S/c1-2-11-24(12-3-1)25-13-10-14-26(23-25)37-29-17-6-8-19-31(29)41-39(42-37)38-28-16-5-4-15-27(28)35-32(40-38)21-22-34-36(35)30-18-7-9-20-33(30)43-34/h1-23H. The third-order valence-electron chi connectivity index (χ3n) is 8.26. The van der Waals surface area contributed by atoms with Crippen LogP contribution in [0.15, 0.2) is 140 Å². The van der Waals surface area contributed by atoms with E-state index in [-0.39, 0.29) is 0 Å². The number of aromatic nitrogens is 3. The van der Waals surface area contributed by atoms with Gasteiger partial charge in [-0.25, -0.2) is 15.0 Å². The molecule has 0 saturated heterocycles. The zero-order valence-electron chi connectivity index (χ0n) is 23.0. The second-order valence-corrected chi connectivity index (χ2v) is 11.9. The van der Waals surface area contributed by atoms with Gasteiger partial charge in [0.25, 0.3) is 0 Å². The van der Waals surface area contributed by atoms with Gasteiger partial charge >= 0.3 is 0 Å². The van der Waals surface area contributed by atoms with Crippen LogP contribution in [-0.2, 0) is 0 Å². The minimum Gasteiger partial charge on any atom is -0.244 e. The molecule has 3 heterocycles. The van der Waals surface area contributed by atoms with Crippen LogP contribution in [0.1, 0.15) is 0 Å². The number of nitrogens with zero attached hydrogens (tertiary/aromatic N) is 3. The van der Waals surface area contributed by atoms with Crippen LogP contribution in [0.4, 0.5) is 0 Å². The highest BCUT2D eigenvalue weighted by Gasteiger charge is 2.19. The first kappa shape index (κ1) is 24.2. The Morgan fingerprint density at radius 3 is 1.95 bits per heavy atom. The Morgan fingerprint density at radius 2 is 1.07 bits per heavy atom. The third-order valence-corrected chi connectivity index (χ3v) is 9.40. The topological polar surface area (TPSA) is 38.7 Å². The van der Waals surface area contributed by atoms with Gasteiger partial charge in [-0.2, -0.15) is 0 Å². The van der Waals surface area contributed by atoms with Crippen LogP contribution < -0.4 is 0 Å². The molecule has 0 aliphatic rings. The van der Waals surface area contributed by atoms with Gasteiger partial charge in [0.2, 0.25) is 0 Å². The fourth-order valence-electron chi connectivity index (χ4n) is 6.31. The molecule has 200 valence electrons. The largest absolute Gasteiger partial charge is 0.244 e. The van der Waals surface area contributed by atoms with Gasteiger partial charge in [0.15, 0.2) is 5.82 Å². The van der Waals surface area contributed by atoms with E-state index < -0.39 is 0 Å². The molecule has 9 rings (SSSR count). The number of fused-ring (bicyclic) bond motifs is 8. The van der Waals surface area contributed by atoms with Crippen LogP contribution in [0.3, 0.4) is 0 Å². The Morgan fingerprint density at radius 1 is 0.372 bits per heavy atom. The van der Waals surface area contributed by atoms with Gasteiger partial charge in [-0.3, -0.25) is 0 Å². The highest BCUT2D eigenvalue weighted by atomic mass is 32.1. The lowest BCUT2D eigenvalue weighted by Gasteiger charge is -2.13. The monoisotopic (exact) mass is 565 g/mol. The van der Waals surface area contributed by atoms with Crippen LogP contribution in [0, 0.1) is 0 Å². The van der Waals surface area contributed by atoms with Crippen LogP contribution in [0.5, 0.6) is 0 Å². The maximum Gasteiger partial charge on any atom is 0.179 e. The van der Waals surface area contributed by atoms with Crippen molar-refractivity contribution >= 4 is 64.1 Å². The van der Waals surface area contributed by atoms with Crippen molar-refractivity contribution in [2.45, 2.75) is 0 Å². The lowest BCUT2D eigenvalue weighted by atomic mass is 9.98. The van der Waals surface area contributed by atoms with Crippen LogP contribution in [0.2, 0.25) is 0 Å². The average molecular weight is 566 g/mol. The molecule has 0 amide bonds. The van der Waals surface area contributed by atoms with E-state index in [1.165, 1.54) is 36.5 Å². The summed E-state index contributed by atoms with van der Waals surface area (Å²) in [6.45, 7) is 0. The van der Waals surface area contributed by atoms with Gasteiger partial charge in [0.1, 0.15) is 5.69 Å². The Labute approximate surface area is 251 Å². The second-order valence-electron chi connectivity index (χ2n) is 10.8. The van der Waals surface area contributed by atoms with Crippen LogP contribution in [-0.4, -0.2) is 15.0 Å². The zero-order chi connectivity index (χ0) is 28.3. The fourth-order valence-corrected chi connectivity index (χ4v) is 7.42. The molecule has 0 fully saturated rings. The highest BCUT2D eigenvalue weighted by molar-refractivity contribution is 7.26. The van der Waals surface area contributed by atoms with Gasteiger partial charge < -0.3 is 0 Å². The van der Waals surface area contributed by atoms with Gasteiger partial charge in [0.05, 0.1) is 16.7 Å². The Kier molecular flexibility index (Phi) is 5.37. The Hall–Kier alpha value is -5.45. The van der Waals surface area contributed by atoms with Gasteiger partial charge in [-0.1, -0.05) is 109 Å². The minimum atomic E-state index is 0.632. The van der Waals surface area contributed by atoms with Crippen molar-refractivity contribution in [3.63, 3.8) is 0 Å². The molecule has 4 heteroatoms. The number of pyridine rings is 1. The molecule has 3 aromatic heterocycles. The number of hydrogen-bond acceptors (Lipinski definition) is 4. The van der Waals surface area contributed by atoms with Crippen molar-refractivity contribution in [2.24, 2.45) is 0 Å². The maximum atomic E-state index is 5.30. The quantitative estimate of drug-likeness (QED) is 0.200. The Balaban J connectivity index is 1.33. The van der Waals surface area contributed by atoms with E-state index in [9.17, 15) is 0 Å². The number of benzene rings is 6. The van der Waals surface area contributed by atoms with Crippen LogP contribution in [0.25, 0.3) is 86.7 Å². The van der Waals surface area contributed by atoms with E-state index in [1.807, 2.05) is 23.5 Å². The molecule has 0 unspecified atom stereocenters. The summed E-state index contributed by atoms with van der Waals surface area (Å²) in [4.78, 5) is 15.7. The predicted molar refractivity (Wildman–Crippen MR) is 182 cm³/mol. The molecule has 0 spiro atoms. The summed E-state index contributed by atoms with van der Waals surface area (Å²) in [5.74, 6) is 0.632. The van der Waals surface area contributed by atoms with Gasteiger partial charge in [0, 0.05) is 41.9 Å². The molecule has 0 aliphatic heterocycles. The minimum absolute atomic E-state index is 0.632. The molecule has 0 bridgehead atoms. The molecule has 0 radical (unpaired) electrons. The fraction of sp³-hybridized carbons (Fsp3) is 0. The first-order valence-corrected chi connectivity index (χ1v) is 15.2. The van der Waals surface area contributed by atoms with E-state index in [0.717, 1.165) is 44.3 Å². The summed E-state index contributed by atoms with van der Waals surface area (Å²) in [6, 6.07) is 48.9. The summed E-state index contributed by atoms with van der Waals surface area (Å²) in [5.41, 5.74) is 6.95. The van der Waals surface area contributed by atoms with E-state index >= 15 is 0 Å². The van der Waals surface area contributed by atoms with Crippen molar-refractivity contribution in [1.29, 1.82) is 0 Å². The molecular formula is C39H23N3S.